The minimum absolute atomic E-state index is 0.527. The van der Waals surface area contributed by atoms with Crippen LogP contribution in [0.15, 0.2) is 11.6 Å². The van der Waals surface area contributed by atoms with Crippen LogP contribution >= 0.6 is 12.6 Å². The molecule has 0 aromatic heterocycles. The summed E-state index contributed by atoms with van der Waals surface area (Å²) >= 11 is 4.63. The molecular formula is C27H46S. The Bertz CT molecular complexity index is 577. The zero-order valence-electron chi connectivity index (χ0n) is 19.2. The molecule has 4 aliphatic carbocycles. The van der Waals surface area contributed by atoms with Crippen LogP contribution in [0.3, 0.4) is 0 Å². The van der Waals surface area contributed by atoms with Crippen LogP contribution in [0, 0.1) is 46.3 Å². The van der Waals surface area contributed by atoms with Crippen molar-refractivity contribution in [1.29, 1.82) is 0 Å². The lowest BCUT2D eigenvalue weighted by Crippen LogP contribution is -2.50. The molecule has 0 heterocycles. The fourth-order valence-corrected chi connectivity index (χ4v) is 8.73. The normalized spacial score (nSPS) is 45.4. The summed E-state index contributed by atoms with van der Waals surface area (Å²) in [5.41, 5.74) is 3.02. The molecule has 0 bridgehead atoms. The lowest BCUT2D eigenvalue weighted by molar-refractivity contribution is -0.0449. The van der Waals surface area contributed by atoms with Gasteiger partial charge in [-0.1, -0.05) is 58.6 Å². The van der Waals surface area contributed by atoms with Gasteiger partial charge >= 0.3 is 0 Å². The lowest BCUT2D eigenvalue weighted by Gasteiger charge is -2.58. The largest absolute Gasteiger partial charge is 0.179 e. The van der Waals surface area contributed by atoms with Gasteiger partial charge in [0.15, 0.2) is 0 Å². The second-order valence-electron chi connectivity index (χ2n) is 12.0. The van der Waals surface area contributed by atoms with Gasteiger partial charge in [-0.3, -0.25) is 0 Å². The van der Waals surface area contributed by atoms with E-state index in [1.165, 1.54) is 77.0 Å². The Morgan fingerprint density at radius 2 is 1.86 bits per heavy atom. The van der Waals surface area contributed by atoms with Crippen molar-refractivity contribution < 1.29 is 0 Å². The minimum Gasteiger partial charge on any atom is -0.179 e. The Hall–Kier alpha value is 0.0900. The maximum Gasteiger partial charge on any atom is -0.00664 e. The molecule has 0 aromatic carbocycles. The van der Waals surface area contributed by atoms with Crippen LogP contribution in [-0.4, -0.2) is 5.75 Å². The number of hydrogen-bond donors (Lipinski definition) is 1. The molecule has 0 amide bonds. The lowest BCUT2D eigenvalue weighted by atomic mass is 9.47. The number of hydrogen-bond acceptors (Lipinski definition) is 1. The fraction of sp³-hybridized carbons (Fsp3) is 0.926. The standard InChI is InChI=1S/C27H46S/c1-19(2)7-5-6-8-21-10-12-24-23-11-9-22-17-20(18-28)13-15-27(22,4)25(23)14-16-26(21,24)3/h9,19-21,23-25,28H,5-8,10-18H2,1-4H3. The van der Waals surface area contributed by atoms with Gasteiger partial charge in [0.1, 0.15) is 0 Å². The van der Waals surface area contributed by atoms with Crippen molar-refractivity contribution in [2.45, 2.75) is 105 Å². The molecule has 1 heteroatoms. The van der Waals surface area contributed by atoms with Crippen molar-refractivity contribution in [2.24, 2.45) is 46.3 Å². The molecule has 28 heavy (non-hydrogen) atoms. The van der Waals surface area contributed by atoms with Crippen LogP contribution in [0.2, 0.25) is 0 Å². The average Bonchev–Trinajstić information content (AvgIpc) is 3.01. The van der Waals surface area contributed by atoms with E-state index in [1.807, 2.05) is 5.57 Å². The van der Waals surface area contributed by atoms with Gasteiger partial charge in [0.25, 0.3) is 0 Å². The highest BCUT2D eigenvalue weighted by atomic mass is 32.1. The first-order valence-corrected chi connectivity index (χ1v) is 13.3. The van der Waals surface area contributed by atoms with Crippen molar-refractivity contribution in [3.05, 3.63) is 11.6 Å². The Labute approximate surface area is 181 Å². The molecule has 0 N–H and O–H groups in total. The summed E-state index contributed by atoms with van der Waals surface area (Å²) in [6.07, 6.45) is 20.3. The molecule has 7 atom stereocenters. The first-order chi connectivity index (χ1) is 13.4. The van der Waals surface area contributed by atoms with Crippen molar-refractivity contribution in [3.63, 3.8) is 0 Å². The molecule has 160 valence electrons. The Kier molecular flexibility index (Phi) is 6.33. The smallest absolute Gasteiger partial charge is 0.00664 e. The Morgan fingerprint density at radius 1 is 1.04 bits per heavy atom. The number of unbranched alkanes of at least 4 members (excludes halogenated alkanes) is 1. The first kappa shape index (κ1) is 21.3. The molecule has 7 unspecified atom stereocenters. The van der Waals surface area contributed by atoms with E-state index < -0.39 is 0 Å². The summed E-state index contributed by atoms with van der Waals surface area (Å²) in [4.78, 5) is 0. The van der Waals surface area contributed by atoms with Crippen molar-refractivity contribution >= 4 is 12.6 Å². The predicted octanol–water partition coefficient (Wildman–Crippen LogP) is 8.33. The monoisotopic (exact) mass is 402 g/mol. The molecule has 0 aliphatic heterocycles. The molecule has 4 aliphatic rings. The van der Waals surface area contributed by atoms with Crippen LogP contribution in [0.25, 0.3) is 0 Å². The molecule has 0 nitrogen and oxygen atoms in total. The minimum atomic E-state index is 0.527. The van der Waals surface area contributed by atoms with E-state index in [-0.39, 0.29) is 0 Å². The first-order valence-electron chi connectivity index (χ1n) is 12.7. The van der Waals surface area contributed by atoms with Crippen LogP contribution in [0.1, 0.15) is 105 Å². The summed E-state index contributed by atoms with van der Waals surface area (Å²) < 4.78 is 0. The number of allylic oxidation sites excluding steroid dienone is 2. The topological polar surface area (TPSA) is 0 Å². The molecule has 3 fully saturated rings. The van der Waals surface area contributed by atoms with E-state index in [1.54, 1.807) is 0 Å². The zero-order chi connectivity index (χ0) is 19.9. The summed E-state index contributed by atoms with van der Waals surface area (Å²) in [6, 6.07) is 0. The van der Waals surface area contributed by atoms with Gasteiger partial charge in [-0.25, -0.2) is 0 Å². The van der Waals surface area contributed by atoms with E-state index in [0.717, 1.165) is 41.3 Å². The third-order valence-corrected chi connectivity index (χ3v) is 10.8. The van der Waals surface area contributed by atoms with Gasteiger partial charge in [0.05, 0.1) is 0 Å². The summed E-state index contributed by atoms with van der Waals surface area (Å²) in [5.74, 6) is 6.80. The van der Waals surface area contributed by atoms with E-state index in [9.17, 15) is 0 Å². The van der Waals surface area contributed by atoms with E-state index in [2.05, 4.69) is 46.4 Å². The van der Waals surface area contributed by atoms with E-state index >= 15 is 0 Å². The van der Waals surface area contributed by atoms with E-state index in [0.29, 0.717) is 10.8 Å². The van der Waals surface area contributed by atoms with E-state index in [4.69, 9.17) is 0 Å². The highest BCUT2D eigenvalue weighted by molar-refractivity contribution is 7.80. The second-order valence-corrected chi connectivity index (χ2v) is 12.4. The van der Waals surface area contributed by atoms with Crippen LogP contribution in [0.4, 0.5) is 0 Å². The van der Waals surface area contributed by atoms with Crippen LogP contribution < -0.4 is 0 Å². The molecular weight excluding hydrogens is 356 g/mol. The van der Waals surface area contributed by atoms with Crippen LogP contribution in [0.5, 0.6) is 0 Å². The van der Waals surface area contributed by atoms with Gasteiger partial charge in [-0.15, -0.1) is 0 Å². The second kappa shape index (κ2) is 8.32. The summed E-state index contributed by atoms with van der Waals surface area (Å²) in [5, 5.41) is 0. The Balaban J connectivity index is 1.45. The maximum absolute atomic E-state index is 4.63. The van der Waals surface area contributed by atoms with Crippen molar-refractivity contribution in [1.82, 2.24) is 0 Å². The van der Waals surface area contributed by atoms with Crippen LogP contribution in [-0.2, 0) is 0 Å². The quantitative estimate of drug-likeness (QED) is 0.258. The zero-order valence-corrected chi connectivity index (χ0v) is 20.1. The van der Waals surface area contributed by atoms with Gasteiger partial charge in [0.2, 0.25) is 0 Å². The highest BCUT2D eigenvalue weighted by Gasteiger charge is 2.58. The fourth-order valence-electron chi connectivity index (χ4n) is 8.42. The summed E-state index contributed by atoms with van der Waals surface area (Å²) in [6.45, 7) is 10.1. The highest BCUT2D eigenvalue weighted by Crippen LogP contribution is 2.67. The Morgan fingerprint density at radius 3 is 2.61 bits per heavy atom. The van der Waals surface area contributed by atoms with Gasteiger partial charge in [-0.05, 0) is 110 Å². The molecule has 0 saturated heterocycles. The molecule has 0 aromatic rings. The number of fused-ring (bicyclic) bond motifs is 5. The summed E-state index contributed by atoms with van der Waals surface area (Å²) in [7, 11) is 0. The predicted molar refractivity (Wildman–Crippen MR) is 126 cm³/mol. The molecule has 0 spiro atoms. The number of thiol groups is 1. The third kappa shape index (κ3) is 3.65. The van der Waals surface area contributed by atoms with Crippen molar-refractivity contribution in [2.75, 3.05) is 5.75 Å². The van der Waals surface area contributed by atoms with Gasteiger partial charge < -0.3 is 0 Å². The number of rotatable bonds is 6. The molecule has 3 saturated carbocycles. The van der Waals surface area contributed by atoms with Crippen molar-refractivity contribution in [3.8, 4) is 0 Å². The maximum atomic E-state index is 4.63. The molecule has 0 radical (unpaired) electrons. The SMILES string of the molecule is CC(C)CCCCC1CCC2C3CC=C4CC(CS)CCC4(C)C3CCC12C. The average molecular weight is 403 g/mol. The van der Waals surface area contributed by atoms with Gasteiger partial charge in [-0.2, -0.15) is 12.6 Å². The third-order valence-electron chi connectivity index (χ3n) is 10.2. The molecule has 4 rings (SSSR count). The van der Waals surface area contributed by atoms with Gasteiger partial charge in [0, 0.05) is 0 Å².